The molecule has 6 heteroatoms. The van der Waals surface area contributed by atoms with Gasteiger partial charge >= 0.3 is 5.97 Å². The molecule has 3 aromatic rings. The van der Waals surface area contributed by atoms with E-state index in [1.807, 2.05) is 0 Å². The second-order valence-corrected chi connectivity index (χ2v) is 4.38. The van der Waals surface area contributed by atoms with E-state index in [4.69, 9.17) is 11.6 Å². The second kappa shape index (κ2) is 4.37. The zero-order valence-electron chi connectivity index (χ0n) is 9.62. The van der Waals surface area contributed by atoms with E-state index in [0.717, 1.165) is 5.56 Å². The monoisotopic (exact) mass is 273 g/mol. The van der Waals surface area contributed by atoms with E-state index < -0.39 is 5.97 Å². The lowest BCUT2D eigenvalue weighted by Crippen LogP contribution is -2.08. The van der Waals surface area contributed by atoms with Crippen LogP contribution >= 0.6 is 11.6 Å². The molecule has 2 aromatic heterocycles. The minimum atomic E-state index is -1.05. The number of aromatic nitrogens is 3. The van der Waals surface area contributed by atoms with Gasteiger partial charge in [0.2, 0.25) is 0 Å². The molecule has 0 radical (unpaired) electrons. The van der Waals surface area contributed by atoms with Crippen molar-refractivity contribution in [2.24, 2.45) is 0 Å². The fourth-order valence-corrected chi connectivity index (χ4v) is 1.96. The summed E-state index contributed by atoms with van der Waals surface area (Å²) in [5.74, 6) is -1.05. The molecule has 0 saturated carbocycles. The number of halogens is 1. The van der Waals surface area contributed by atoms with Crippen LogP contribution < -0.4 is 0 Å². The van der Waals surface area contributed by atoms with Gasteiger partial charge in [0.05, 0.1) is 11.9 Å². The highest BCUT2D eigenvalue weighted by Crippen LogP contribution is 2.21. The number of hydrogen-bond donors (Lipinski definition) is 1. The standard InChI is InChI=1S/C13H8ClN3O2/c14-9-3-1-8(2-4-9)10-7-11(13(18)19)17-12(16-10)5-6-15-17/h1-7H,(H,18,19). The van der Waals surface area contributed by atoms with Crippen molar-refractivity contribution in [3.8, 4) is 11.3 Å². The summed E-state index contributed by atoms with van der Waals surface area (Å²) >= 11 is 5.83. The van der Waals surface area contributed by atoms with Crippen LogP contribution in [0.5, 0.6) is 0 Å². The van der Waals surface area contributed by atoms with Crippen LogP contribution in [0.25, 0.3) is 16.9 Å². The molecule has 0 aliphatic heterocycles. The third kappa shape index (κ3) is 2.04. The molecular formula is C13H8ClN3O2. The maximum absolute atomic E-state index is 11.2. The van der Waals surface area contributed by atoms with Crippen molar-refractivity contribution >= 4 is 23.2 Å². The van der Waals surface area contributed by atoms with Crippen LogP contribution in [0, 0.1) is 0 Å². The molecule has 5 nitrogen and oxygen atoms in total. The summed E-state index contributed by atoms with van der Waals surface area (Å²) in [4.78, 5) is 15.6. The lowest BCUT2D eigenvalue weighted by molar-refractivity contribution is 0.0687. The summed E-state index contributed by atoms with van der Waals surface area (Å²) in [6, 6.07) is 10.2. The summed E-state index contributed by atoms with van der Waals surface area (Å²) in [6.45, 7) is 0. The van der Waals surface area contributed by atoms with Gasteiger partial charge in [-0.1, -0.05) is 23.7 Å². The minimum Gasteiger partial charge on any atom is -0.477 e. The third-order valence-electron chi connectivity index (χ3n) is 2.72. The van der Waals surface area contributed by atoms with Crippen LogP contribution in [0.2, 0.25) is 5.02 Å². The van der Waals surface area contributed by atoms with Crippen molar-refractivity contribution in [1.82, 2.24) is 14.6 Å². The van der Waals surface area contributed by atoms with Crippen molar-refractivity contribution in [2.45, 2.75) is 0 Å². The van der Waals surface area contributed by atoms with Crippen molar-refractivity contribution in [3.05, 3.63) is 53.3 Å². The number of hydrogen-bond acceptors (Lipinski definition) is 3. The highest BCUT2D eigenvalue weighted by Gasteiger charge is 2.13. The van der Waals surface area contributed by atoms with E-state index in [-0.39, 0.29) is 5.69 Å². The number of carboxylic acid groups (broad SMARTS) is 1. The fraction of sp³-hybridized carbons (Fsp3) is 0. The Bertz CT molecular complexity index is 765. The number of carboxylic acids is 1. The number of rotatable bonds is 2. The van der Waals surface area contributed by atoms with Gasteiger partial charge < -0.3 is 5.11 Å². The predicted molar refractivity (Wildman–Crippen MR) is 70.4 cm³/mol. The van der Waals surface area contributed by atoms with Crippen LogP contribution in [-0.2, 0) is 0 Å². The molecule has 94 valence electrons. The average molecular weight is 274 g/mol. The Morgan fingerprint density at radius 2 is 1.95 bits per heavy atom. The lowest BCUT2D eigenvalue weighted by Gasteiger charge is -2.05. The summed E-state index contributed by atoms with van der Waals surface area (Å²) in [5, 5.41) is 13.8. The van der Waals surface area contributed by atoms with Gasteiger partial charge in [0.25, 0.3) is 0 Å². The molecule has 0 atom stereocenters. The topological polar surface area (TPSA) is 67.5 Å². The zero-order valence-corrected chi connectivity index (χ0v) is 10.4. The molecule has 0 unspecified atom stereocenters. The average Bonchev–Trinajstić information content (AvgIpc) is 2.86. The van der Waals surface area contributed by atoms with Gasteiger partial charge in [-0.3, -0.25) is 0 Å². The normalized spacial score (nSPS) is 10.8. The Morgan fingerprint density at radius 3 is 2.63 bits per heavy atom. The van der Waals surface area contributed by atoms with Gasteiger partial charge in [-0.25, -0.2) is 14.3 Å². The minimum absolute atomic E-state index is 0.0694. The number of aromatic carboxylic acids is 1. The van der Waals surface area contributed by atoms with Gasteiger partial charge in [-0.05, 0) is 18.2 Å². The van der Waals surface area contributed by atoms with Gasteiger partial charge in [0.15, 0.2) is 11.3 Å². The fourth-order valence-electron chi connectivity index (χ4n) is 1.83. The molecule has 0 amide bonds. The Hall–Kier alpha value is -2.40. The zero-order chi connectivity index (χ0) is 13.4. The van der Waals surface area contributed by atoms with E-state index in [1.54, 1.807) is 30.3 Å². The number of carbonyl (C=O) groups is 1. The van der Waals surface area contributed by atoms with E-state index >= 15 is 0 Å². The van der Waals surface area contributed by atoms with E-state index in [2.05, 4.69) is 10.1 Å². The Balaban J connectivity index is 2.24. The number of benzene rings is 1. The summed E-state index contributed by atoms with van der Waals surface area (Å²) < 4.78 is 1.29. The number of nitrogens with zero attached hydrogens (tertiary/aromatic N) is 3. The molecule has 3 rings (SSSR count). The molecule has 0 fully saturated rings. The molecule has 0 bridgehead atoms. The molecule has 0 spiro atoms. The van der Waals surface area contributed by atoms with Gasteiger partial charge in [0.1, 0.15) is 0 Å². The lowest BCUT2D eigenvalue weighted by atomic mass is 10.1. The molecule has 0 saturated heterocycles. The van der Waals surface area contributed by atoms with Gasteiger partial charge in [0, 0.05) is 16.7 Å². The van der Waals surface area contributed by atoms with Gasteiger partial charge in [-0.15, -0.1) is 0 Å². The summed E-state index contributed by atoms with van der Waals surface area (Å²) in [5.41, 5.74) is 1.93. The summed E-state index contributed by atoms with van der Waals surface area (Å²) in [6.07, 6.45) is 1.51. The van der Waals surface area contributed by atoms with Crippen LogP contribution in [-0.4, -0.2) is 25.7 Å². The van der Waals surface area contributed by atoms with Crippen molar-refractivity contribution in [2.75, 3.05) is 0 Å². The van der Waals surface area contributed by atoms with Crippen molar-refractivity contribution in [1.29, 1.82) is 0 Å². The van der Waals surface area contributed by atoms with Gasteiger partial charge in [-0.2, -0.15) is 5.10 Å². The van der Waals surface area contributed by atoms with Crippen LogP contribution in [0.15, 0.2) is 42.6 Å². The van der Waals surface area contributed by atoms with Crippen LogP contribution in [0.4, 0.5) is 0 Å². The first-order valence-corrected chi connectivity index (χ1v) is 5.87. The van der Waals surface area contributed by atoms with E-state index in [9.17, 15) is 9.90 Å². The van der Waals surface area contributed by atoms with E-state index in [0.29, 0.717) is 16.4 Å². The molecule has 2 heterocycles. The molecular weight excluding hydrogens is 266 g/mol. The maximum Gasteiger partial charge on any atom is 0.354 e. The largest absolute Gasteiger partial charge is 0.477 e. The van der Waals surface area contributed by atoms with Crippen molar-refractivity contribution in [3.63, 3.8) is 0 Å². The second-order valence-electron chi connectivity index (χ2n) is 3.94. The van der Waals surface area contributed by atoms with E-state index in [1.165, 1.54) is 16.8 Å². The first kappa shape index (κ1) is 11.7. The summed E-state index contributed by atoms with van der Waals surface area (Å²) in [7, 11) is 0. The smallest absolute Gasteiger partial charge is 0.354 e. The third-order valence-corrected chi connectivity index (χ3v) is 2.97. The highest BCUT2D eigenvalue weighted by molar-refractivity contribution is 6.30. The first-order valence-electron chi connectivity index (χ1n) is 5.49. The SMILES string of the molecule is O=C(O)c1cc(-c2ccc(Cl)cc2)nc2ccnn12. The maximum atomic E-state index is 11.2. The number of fused-ring (bicyclic) bond motifs is 1. The van der Waals surface area contributed by atoms with Crippen molar-refractivity contribution < 1.29 is 9.90 Å². The molecule has 0 aliphatic rings. The predicted octanol–water partition coefficient (Wildman–Crippen LogP) is 2.75. The Labute approximate surface area is 113 Å². The van der Waals surface area contributed by atoms with Crippen LogP contribution in [0.3, 0.4) is 0 Å². The first-order chi connectivity index (χ1) is 9.15. The molecule has 19 heavy (non-hydrogen) atoms. The Morgan fingerprint density at radius 1 is 1.21 bits per heavy atom. The molecule has 1 aromatic carbocycles. The highest BCUT2D eigenvalue weighted by atomic mass is 35.5. The molecule has 1 N–H and O–H groups in total. The van der Waals surface area contributed by atoms with Crippen LogP contribution in [0.1, 0.15) is 10.5 Å². The Kier molecular flexibility index (Phi) is 2.68. The quantitative estimate of drug-likeness (QED) is 0.779. The molecule has 0 aliphatic carbocycles.